The van der Waals surface area contributed by atoms with Crippen molar-refractivity contribution in [3.63, 3.8) is 0 Å². The monoisotopic (exact) mass is 313 g/mol. The molecule has 0 aliphatic heterocycles. The van der Waals surface area contributed by atoms with Gasteiger partial charge in [-0.05, 0) is 44.9 Å². The molecule has 122 valence electrons. The SMILES string of the molecule is COc1c(F)cc(C=CCCNC(=O)OC(C)(C)C)cc1F. The summed E-state index contributed by atoms with van der Waals surface area (Å²) in [6.45, 7) is 5.70. The molecule has 0 aliphatic carbocycles. The molecule has 0 saturated heterocycles. The molecular weight excluding hydrogens is 292 g/mol. The van der Waals surface area contributed by atoms with Crippen LogP contribution >= 0.6 is 0 Å². The minimum atomic E-state index is -0.756. The Morgan fingerprint density at radius 2 is 1.86 bits per heavy atom. The zero-order valence-corrected chi connectivity index (χ0v) is 13.2. The highest BCUT2D eigenvalue weighted by atomic mass is 19.1. The second-order valence-corrected chi connectivity index (χ2v) is 5.64. The predicted molar refractivity (Wildman–Crippen MR) is 80.8 cm³/mol. The van der Waals surface area contributed by atoms with Gasteiger partial charge in [-0.15, -0.1) is 0 Å². The lowest BCUT2D eigenvalue weighted by atomic mass is 10.1. The summed E-state index contributed by atoms with van der Waals surface area (Å²) < 4.78 is 36.6. The molecule has 0 aliphatic rings. The molecule has 0 radical (unpaired) electrons. The van der Waals surface area contributed by atoms with Gasteiger partial charge in [0.15, 0.2) is 17.4 Å². The van der Waals surface area contributed by atoms with E-state index >= 15 is 0 Å². The summed E-state index contributed by atoms with van der Waals surface area (Å²) >= 11 is 0. The number of hydrogen-bond acceptors (Lipinski definition) is 3. The maximum atomic E-state index is 13.5. The van der Waals surface area contributed by atoms with Gasteiger partial charge in [0.1, 0.15) is 5.60 Å². The number of amides is 1. The van der Waals surface area contributed by atoms with Gasteiger partial charge in [-0.3, -0.25) is 0 Å². The van der Waals surface area contributed by atoms with Gasteiger partial charge in [0, 0.05) is 6.54 Å². The van der Waals surface area contributed by atoms with Gasteiger partial charge in [0.05, 0.1) is 7.11 Å². The minimum Gasteiger partial charge on any atom is -0.491 e. The van der Waals surface area contributed by atoms with Gasteiger partial charge in [0.25, 0.3) is 0 Å². The van der Waals surface area contributed by atoms with Crippen molar-refractivity contribution >= 4 is 12.2 Å². The number of methoxy groups -OCH3 is 1. The largest absolute Gasteiger partial charge is 0.491 e. The summed E-state index contributed by atoms with van der Waals surface area (Å²) in [5, 5.41) is 2.59. The zero-order valence-electron chi connectivity index (χ0n) is 13.2. The molecule has 1 aromatic carbocycles. The fourth-order valence-corrected chi connectivity index (χ4v) is 1.66. The highest BCUT2D eigenvalue weighted by Crippen LogP contribution is 2.23. The Morgan fingerprint density at radius 1 is 1.27 bits per heavy atom. The summed E-state index contributed by atoms with van der Waals surface area (Å²) in [5.41, 5.74) is -0.161. The van der Waals surface area contributed by atoms with Crippen LogP contribution in [-0.2, 0) is 4.74 Å². The molecule has 0 atom stereocenters. The van der Waals surface area contributed by atoms with Crippen LogP contribution in [0.15, 0.2) is 18.2 Å². The Bertz CT molecular complexity index is 528. The van der Waals surface area contributed by atoms with E-state index in [0.29, 0.717) is 18.5 Å². The summed E-state index contributed by atoms with van der Waals surface area (Å²) in [4.78, 5) is 11.4. The van der Waals surface area contributed by atoms with E-state index in [4.69, 9.17) is 4.74 Å². The van der Waals surface area contributed by atoms with Crippen LogP contribution in [0.25, 0.3) is 6.08 Å². The van der Waals surface area contributed by atoms with Crippen LogP contribution < -0.4 is 10.1 Å². The van der Waals surface area contributed by atoms with Gasteiger partial charge < -0.3 is 14.8 Å². The van der Waals surface area contributed by atoms with Crippen molar-refractivity contribution in [3.05, 3.63) is 35.4 Å². The van der Waals surface area contributed by atoms with Crippen molar-refractivity contribution in [1.29, 1.82) is 0 Å². The highest BCUT2D eigenvalue weighted by molar-refractivity contribution is 5.67. The Morgan fingerprint density at radius 3 is 2.36 bits per heavy atom. The number of benzene rings is 1. The predicted octanol–water partition coefficient (Wildman–Crippen LogP) is 3.90. The average molecular weight is 313 g/mol. The molecule has 0 bridgehead atoms. The fraction of sp³-hybridized carbons (Fsp3) is 0.438. The smallest absolute Gasteiger partial charge is 0.407 e. The number of rotatable bonds is 5. The lowest BCUT2D eigenvalue weighted by Crippen LogP contribution is -2.32. The van der Waals surface area contributed by atoms with Crippen LogP contribution in [0, 0.1) is 11.6 Å². The Balaban J connectivity index is 2.46. The topological polar surface area (TPSA) is 47.6 Å². The third-order valence-electron chi connectivity index (χ3n) is 2.51. The Labute approximate surface area is 129 Å². The van der Waals surface area contributed by atoms with Crippen molar-refractivity contribution in [1.82, 2.24) is 5.32 Å². The van der Waals surface area contributed by atoms with Crippen LogP contribution in [0.5, 0.6) is 5.75 Å². The standard InChI is InChI=1S/C16H21F2NO3/c1-16(2,3)22-15(20)19-8-6-5-7-11-9-12(17)14(21-4)13(18)10-11/h5,7,9-10H,6,8H2,1-4H3,(H,19,20). The zero-order chi connectivity index (χ0) is 16.8. The van der Waals surface area contributed by atoms with Gasteiger partial charge in [0.2, 0.25) is 0 Å². The van der Waals surface area contributed by atoms with Crippen LogP contribution in [0.1, 0.15) is 32.8 Å². The number of hydrogen-bond donors (Lipinski definition) is 1. The van der Waals surface area contributed by atoms with E-state index in [0.717, 1.165) is 0 Å². The van der Waals surface area contributed by atoms with Gasteiger partial charge >= 0.3 is 6.09 Å². The molecular formula is C16H21F2NO3. The van der Waals surface area contributed by atoms with E-state index < -0.39 is 29.1 Å². The van der Waals surface area contributed by atoms with Crippen LogP contribution in [0.2, 0.25) is 0 Å². The van der Waals surface area contributed by atoms with E-state index in [2.05, 4.69) is 10.1 Å². The molecule has 0 fully saturated rings. The molecule has 4 nitrogen and oxygen atoms in total. The molecule has 6 heteroatoms. The maximum Gasteiger partial charge on any atom is 0.407 e. The lowest BCUT2D eigenvalue weighted by molar-refractivity contribution is 0.0529. The van der Waals surface area contributed by atoms with Crippen molar-refractivity contribution in [3.8, 4) is 5.75 Å². The van der Waals surface area contributed by atoms with Crippen LogP contribution in [0.3, 0.4) is 0 Å². The molecule has 1 rings (SSSR count). The van der Waals surface area contributed by atoms with E-state index in [-0.39, 0.29) is 0 Å². The molecule has 0 heterocycles. The number of carbonyl (C=O) groups is 1. The van der Waals surface area contributed by atoms with Crippen molar-refractivity contribution in [2.75, 3.05) is 13.7 Å². The first-order valence-electron chi connectivity index (χ1n) is 6.89. The van der Waals surface area contributed by atoms with E-state index in [1.807, 2.05) is 0 Å². The first-order chi connectivity index (χ1) is 10.2. The molecule has 1 aromatic rings. The second kappa shape index (κ2) is 7.77. The van der Waals surface area contributed by atoms with Crippen molar-refractivity contribution < 1.29 is 23.0 Å². The minimum absolute atomic E-state index is 0.368. The van der Waals surface area contributed by atoms with Crippen LogP contribution in [0.4, 0.5) is 13.6 Å². The summed E-state index contributed by atoms with van der Waals surface area (Å²) in [6, 6.07) is 2.36. The quantitative estimate of drug-likeness (QED) is 0.839. The first kappa shape index (κ1) is 17.9. The van der Waals surface area contributed by atoms with Crippen molar-refractivity contribution in [2.45, 2.75) is 32.8 Å². The normalized spacial score (nSPS) is 11.5. The fourth-order valence-electron chi connectivity index (χ4n) is 1.66. The Kier molecular flexibility index (Phi) is 6.34. The third kappa shape index (κ3) is 6.11. The molecule has 0 unspecified atom stereocenters. The highest BCUT2D eigenvalue weighted by Gasteiger charge is 2.15. The van der Waals surface area contributed by atoms with E-state index in [1.165, 1.54) is 19.2 Å². The van der Waals surface area contributed by atoms with Crippen molar-refractivity contribution in [2.24, 2.45) is 0 Å². The molecule has 0 aromatic heterocycles. The van der Waals surface area contributed by atoms with Gasteiger partial charge in [-0.2, -0.15) is 0 Å². The molecule has 0 spiro atoms. The molecule has 0 saturated carbocycles. The average Bonchev–Trinajstić information content (AvgIpc) is 2.35. The van der Waals surface area contributed by atoms with Crippen LogP contribution in [-0.4, -0.2) is 25.3 Å². The first-order valence-corrected chi connectivity index (χ1v) is 6.89. The number of halogens is 2. The number of carbonyl (C=O) groups excluding carboxylic acids is 1. The summed E-state index contributed by atoms with van der Waals surface area (Å²) in [6.07, 6.45) is 3.29. The number of nitrogens with one attached hydrogen (secondary N) is 1. The molecule has 1 N–H and O–H groups in total. The Hall–Kier alpha value is -2.11. The number of alkyl carbamates (subject to hydrolysis) is 1. The third-order valence-corrected chi connectivity index (χ3v) is 2.51. The van der Waals surface area contributed by atoms with Gasteiger partial charge in [-0.25, -0.2) is 13.6 Å². The van der Waals surface area contributed by atoms with E-state index in [9.17, 15) is 13.6 Å². The summed E-state index contributed by atoms with van der Waals surface area (Å²) in [5.74, 6) is -1.91. The number of ether oxygens (including phenoxy) is 2. The maximum absolute atomic E-state index is 13.5. The van der Waals surface area contributed by atoms with E-state index in [1.54, 1.807) is 32.9 Å². The molecule has 1 amide bonds. The lowest BCUT2D eigenvalue weighted by Gasteiger charge is -2.19. The van der Waals surface area contributed by atoms with Gasteiger partial charge in [-0.1, -0.05) is 12.2 Å². The second-order valence-electron chi connectivity index (χ2n) is 5.64. The summed E-state index contributed by atoms with van der Waals surface area (Å²) in [7, 11) is 1.21. The molecule has 22 heavy (non-hydrogen) atoms.